The average Bonchev–Trinajstić information content (AvgIpc) is 2.70. The van der Waals surface area contributed by atoms with Crippen LogP contribution in [0.2, 0.25) is 0 Å². The first-order valence-corrected chi connectivity index (χ1v) is 5.35. The molecule has 15 heavy (non-hydrogen) atoms. The van der Waals surface area contributed by atoms with Crippen LogP contribution in [0.1, 0.15) is 32.5 Å². The number of rotatable bonds is 5. The second-order valence-corrected chi connectivity index (χ2v) is 4.00. The first-order valence-electron chi connectivity index (χ1n) is 5.35. The van der Waals surface area contributed by atoms with Gasteiger partial charge in [0.2, 0.25) is 5.91 Å². The molecule has 0 saturated heterocycles. The number of nitrogens with zero attached hydrogens (tertiary/aromatic N) is 2. The summed E-state index contributed by atoms with van der Waals surface area (Å²) >= 11 is 0. The van der Waals surface area contributed by atoms with E-state index in [1.165, 1.54) is 0 Å². The molecule has 0 fully saturated rings. The van der Waals surface area contributed by atoms with Gasteiger partial charge in [0.05, 0.1) is 6.54 Å². The Hall–Kier alpha value is -1.32. The lowest BCUT2D eigenvalue weighted by atomic mass is 10.0. The van der Waals surface area contributed by atoms with Crippen LogP contribution in [-0.4, -0.2) is 27.8 Å². The number of carbonyl (C=O) groups is 1. The van der Waals surface area contributed by atoms with Crippen LogP contribution >= 0.6 is 0 Å². The van der Waals surface area contributed by atoms with E-state index in [-0.39, 0.29) is 5.91 Å². The zero-order valence-electron chi connectivity index (χ0n) is 9.66. The molecular weight excluding hydrogens is 190 g/mol. The highest BCUT2D eigenvalue weighted by Gasteiger charge is 2.13. The van der Waals surface area contributed by atoms with Crippen molar-refractivity contribution in [2.45, 2.75) is 33.2 Å². The second kappa shape index (κ2) is 5.53. The monoisotopic (exact) mass is 209 g/mol. The van der Waals surface area contributed by atoms with Gasteiger partial charge in [-0.15, -0.1) is 0 Å². The Kier molecular flexibility index (Phi) is 4.34. The number of H-pyrrole nitrogens is 1. The van der Waals surface area contributed by atoms with E-state index in [9.17, 15) is 4.79 Å². The van der Waals surface area contributed by atoms with Gasteiger partial charge < -0.3 is 9.88 Å². The average molecular weight is 209 g/mol. The molecular formula is C11H19N3O. The predicted octanol–water partition coefficient (Wildman–Crippen LogP) is 1.80. The third-order valence-corrected chi connectivity index (χ3v) is 2.59. The lowest BCUT2D eigenvalue weighted by molar-refractivity contribution is -0.131. The Morgan fingerprint density at radius 2 is 2.40 bits per heavy atom. The van der Waals surface area contributed by atoms with Gasteiger partial charge in [-0.05, 0) is 5.92 Å². The molecule has 1 rings (SSSR count). The van der Waals surface area contributed by atoms with Gasteiger partial charge in [-0.2, -0.15) is 0 Å². The van der Waals surface area contributed by atoms with Crippen molar-refractivity contribution in [3.8, 4) is 0 Å². The van der Waals surface area contributed by atoms with Crippen molar-refractivity contribution < 1.29 is 4.79 Å². The van der Waals surface area contributed by atoms with Gasteiger partial charge in [-0.3, -0.25) is 4.79 Å². The fraction of sp³-hybridized carbons (Fsp3) is 0.636. The summed E-state index contributed by atoms with van der Waals surface area (Å²) in [6.45, 7) is 4.76. The van der Waals surface area contributed by atoms with E-state index in [0.717, 1.165) is 12.2 Å². The number of hydrogen-bond donors (Lipinski definition) is 1. The lowest BCUT2D eigenvalue weighted by Gasteiger charge is -2.17. The largest absolute Gasteiger partial charge is 0.347 e. The number of amides is 1. The molecule has 1 atom stereocenters. The summed E-state index contributed by atoms with van der Waals surface area (Å²) in [5, 5.41) is 0. The summed E-state index contributed by atoms with van der Waals surface area (Å²) in [5.74, 6) is 1.47. The zero-order valence-corrected chi connectivity index (χ0v) is 9.66. The van der Waals surface area contributed by atoms with Crippen LogP contribution in [-0.2, 0) is 11.3 Å². The summed E-state index contributed by atoms with van der Waals surface area (Å²) in [4.78, 5) is 20.5. The summed E-state index contributed by atoms with van der Waals surface area (Å²) in [7, 11) is 1.81. The van der Waals surface area contributed by atoms with Crippen LogP contribution < -0.4 is 0 Å². The standard InChI is InChI=1S/C11H19N3O/c1-4-9(2)7-11(15)14(3)8-10-12-5-6-13-10/h5-6,9H,4,7-8H2,1-3H3,(H,12,13). The van der Waals surface area contributed by atoms with E-state index in [0.29, 0.717) is 18.9 Å². The van der Waals surface area contributed by atoms with Crippen molar-refractivity contribution in [1.29, 1.82) is 0 Å². The molecule has 0 aliphatic heterocycles. The SMILES string of the molecule is CCC(C)CC(=O)N(C)Cc1ncc[nH]1. The smallest absolute Gasteiger partial charge is 0.222 e. The van der Waals surface area contributed by atoms with Crippen LogP contribution in [0.15, 0.2) is 12.4 Å². The quantitative estimate of drug-likeness (QED) is 0.804. The fourth-order valence-corrected chi connectivity index (χ4v) is 1.30. The minimum Gasteiger partial charge on any atom is -0.347 e. The highest BCUT2D eigenvalue weighted by Crippen LogP contribution is 2.09. The van der Waals surface area contributed by atoms with Crippen molar-refractivity contribution in [2.24, 2.45) is 5.92 Å². The van der Waals surface area contributed by atoms with E-state index in [1.807, 2.05) is 7.05 Å². The number of carbonyl (C=O) groups excluding carboxylic acids is 1. The van der Waals surface area contributed by atoms with Crippen molar-refractivity contribution >= 4 is 5.91 Å². The Bertz CT molecular complexity index is 295. The van der Waals surface area contributed by atoms with Gasteiger partial charge >= 0.3 is 0 Å². The van der Waals surface area contributed by atoms with E-state index in [1.54, 1.807) is 17.3 Å². The molecule has 0 radical (unpaired) electrons. The third kappa shape index (κ3) is 3.73. The first kappa shape index (κ1) is 11.8. The van der Waals surface area contributed by atoms with Gasteiger partial charge in [-0.1, -0.05) is 20.3 Å². The van der Waals surface area contributed by atoms with Crippen LogP contribution in [0, 0.1) is 5.92 Å². The highest BCUT2D eigenvalue weighted by molar-refractivity contribution is 5.75. The Morgan fingerprint density at radius 1 is 1.67 bits per heavy atom. The molecule has 1 heterocycles. The topological polar surface area (TPSA) is 49.0 Å². The molecule has 0 aromatic carbocycles. The van der Waals surface area contributed by atoms with E-state index < -0.39 is 0 Å². The molecule has 1 aromatic rings. The van der Waals surface area contributed by atoms with Crippen molar-refractivity contribution in [3.05, 3.63) is 18.2 Å². The number of imidazole rings is 1. The normalized spacial score (nSPS) is 12.5. The van der Waals surface area contributed by atoms with E-state index in [2.05, 4.69) is 23.8 Å². The molecule has 1 aromatic heterocycles. The predicted molar refractivity (Wildman–Crippen MR) is 59.1 cm³/mol. The number of aromatic nitrogens is 2. The Labute approximate surface area is 90.7 Å². The molecule has 4 nitrogen and oxygen atoms in total. The molecule has 84 valence electrons. The molecule has 0 aliphatic carbocycles. The zero-order chi connectivity index (χ0) is 11.3. The number of hydrogen-bond acceptors (Lipinski definition) is 2. The van der Waals surface area contributed by atoms with Gasteiger partial charge in [0, 0.05) is 25.9 Å². The van der Waals surface area contributed by atoms with Crippen molar-refractivity contribution in [1.82, 2.24) is 14.9 Å². The lowest BCUT2D eigenvalue weighted by Crippen LogP contribution is -2.27. The maximum absolute atomic E-state index is 11.7. The maximum atomic E-state index is 11.7. The molecule has 0 spiro atoms. The number of nitrogens with one attached hydrogen (secondary N) is 1. The summed E-state index contributed by atoms with van der Waals surface area (Å²) in [6, 6.07) is 0. The molecule has 1 unspecified atom stereocenters. The third-order valence-electron chi connectivity index (χ3n) is 2.59. The minimum absolute atomic E-state index is 0.181. The highest BCUT2D eigenvalue weighted by atomic mass is 16.2. The molecule has 1 N–H and O–H groups in total. The van der Waals surface area contributed by atoms with Crippen LogP contribution in [0.3, 0.4) is 0 Å². The fourth-order valence-electron chi connectivity index (χ4n) is 1.30. The van der Waals surface area contributed by atoms with E-state index >= 15 is 0 Å². The molecule has 0 saturated carbocycles. The van der Waals surface area contributed by atoms with E-state index in [4.69, 9.17) is 0 Å². The Morgan fingerprint density at radius 3 is 2.93 bits per heavy atom. The minimum atomic E-state index is 0.181. The summed E-state index contributed by atoms with van der Waals surface area (Å²) in [6.07, 6.45) is 5.12. The Balaban J connectivity index is 2.40. The first-order chi connectivity index (χ1) is 7.13. The van der Waals surface area contributed by atoms with Gasteiger partial charge in [0.15, 0.2) is 0 Å². The maximum Gasteiger partial charge on any atom is 0.222 e. The van der Waals surface area contributed by atoms with Gasteiger partial charge in [0.25, 0.3) is 0 Å². The van der Waals surface area contributed by atoms with Crippen molar-refractivity contribution in [2.75, 3.05) is 7.05 Å². The molecule has 0 aliphatic rings. The molecule has 0 bridgehead atoms. The van der Waals surface area contributed by atoms with Gasteiger partial charge in [-0.25, -0.2) is 4.98 Å². The van der Waals surface area contributed by atoms with Crippen LogP contribution in [0.25, 0.3) is 0 Å². The number of aromatic amines is 1. The molecule has 1 amide bonds. The second-order valence-electron chi connectivity index (χ2n) is 4.00. The van der Waals surface area contributed by atoms with Crippen LogP contribution in [0.4, 0.5) is 0 Å². The van der Waals surface area contributed by atoms with Crippen LogP contribution in [0.5, 0.6) is 0 Å². The van der Waals surface area contributed by atoms with Crippen molar-refractivity contribution in [3.63, 3.8) is 0 Å². The molecule has 4 heteroatoms. The summed E-state index contributed by atoms with van der Waals surface area (Å²) in [5.41, 5.74) is 0. The summed E-state index contributed by atoms with van der Waals surface area (Å²) < 4.78 is 0. The van der Waals surface area contributed by atoms with Gasteiger partial charge in [0.1, 0.15) is 5.82 Å².